The van der Waals surface area contributed by atoms with E-state index in [0.717, 1.165) is 11.5 Å². The van der Waals surface area contributed by atoms with Gasteiger partial charge in [0, 0.05) is 20.6 Å². The van der Waals surface area contributed by atoms with Crippen molar-refractivity contribution >= 4 is 11.7 Å². The predicted octanol–water partition coefficient (Wildman–Crippen LogP) is 1.08. The monoisotopic (exact) mass is 301 g/mol. The molecule has 0 saturated carbocycles. The summed E-state index contributed by atoms with van der Waals surface area (Å²) in [5, 5.41) is 0. The van der Waals surface area contributed by atoms with Crippen LogP contribution in [-0.2, 0) is 4.74 Å². The molecular formula is C15H19N5O2. The Bertz CT molecular complexity index is 641. The maximum Gasteiger partial charge on any atom is 0.272 e. The lowest BCUT2D eigenvalue weighted by atomic mass is 10.1. The molecule has 3 rings (SSSR count). The van der Waals surface area contributed by atoms with Crippen LogP contribution in [0.5, 0.6) is 0 Å². The van der Waals surface area contributed by atoms with Crippen LogP contribution in [-0.4, -0.2) is 59.6 Å². The Morgan fingerprint density at radius 1 is 1.45 bits per heavy atom. The van der Waals surface area contributed by atoms with Gasteiger partial charge in [0.2, 0.25) is 0 Å². The van der Waals surface area contributed by atoms with Crippen LogP contribution in [0.25, 0.3) is 0 Å². The van der Waals surface area contributed by atoms with E-state index < -0.39 is 0 Å². The van der Waals surface area contributed by atoms with Crippen molar-refractivity contribution in [1.82, 2.24) is 19.9 Å². The van der Waals surface area contributed by atoms with Crippen molar-refractivity contribution in [2.75, 3.05) is 38.7 Å². The Labute approximate surface area is 128 Å². The lowest BCUT2D eigenvalue weighted by molar-refractivity contribution is -0.0248. The van der Waals surface area contributed by atoms with Crippen molar-refractivity contribution in [2.24, 2.45) is 0 Å². The van der Waals surface area contributed by atoms with E-state index in [9.17, 15) is 4.79 Å². The first-order valence-electron chi connectivity index (χ1n) is 7.18. The molecule has 2 aromatic rings. The molecule has 0 radical (unpaired) electrons. The van der Waals surface area contributed by atoms with Gasteiger partial charge in [-0.1, -0.05) is 6.07 Å². The number of rotatable bonds is 3. The van der Waals surface area contributed by atoms with Gasteiger partial charge in [-0.2, -0.15) is 0 Å². The number of imidazole rings is 1. The molecule has 7 heteroatoms. The Hall–Kier alpha value is -2.41. The quantitative estimate of drug-likeness (QED) is 0.918. The lowest BCUT2D eigenvalue weighted by Crippen LogP contribution is -2.42. The van der Waals surface area contributed by atoms with E-state index in [2.05, 4.69) is 15.0 Å². The maximum absolute atomic E-state index is 12.4. The molecule has 1 aliphatic heterocycles. The first kappa shape index (κ1) is 14.5. The second kappa shape index (κ2) is 6.15. The van der Waals surface area contributed by atoms with Gasteiger partial charge in [0.15, 0.2) is 0 Å². The van der Waals surface area contributed by atoms with Crippen LogP contribution >= 0.6 is 0 Å². The van der Waals surface area contributed by atoms with Crippen molar-refractivity contribution < 1.29 is 9.53 Å². The Morgan fingerprint density at radius 2 is 2.32 bits per heavy atom. The number of morpholine rings is 1. The van der Waals surface area contributed by atoms with E-state index in [1.165, 1.54) is 12.5 Å². The Morgan fingerprint density at radius 3 is 3.05 bits per heavy atom. The van der Waals surface area contributed by atoms with Gasteiger partial charge in [-0.25, -0.2) is 9.97 Å². The van der Waals surface area contributed by atoms with Crippen molar-refractivity contribution in [3.05, 3.63) is 42.1 Å². The van der Waals surface area contributed by atoms with E-state index >= 15 is 0 Å². The van der Waals surface area contributed by atoms with E-state index in [0.29, 0.717) is 25.4 Å². The number of hydrogen-bond acceptors (Lipinski definition) is 5. The Balaban J connectivity index is 1.75. The third-order valence-electron chi connectivity index (χ3n) is 3.63. The largest absolute Gasteiger partial charge is 0.368 e. The van der Waals surface area contributed by atoms with Crippen LogP contribution in [0.15, 0.2) is 30.7 Å². The summed E-state index contributed by atoms with van der Waals surface area (Å²) in [6.07, 6.45) is 2.84. The van der Waals surface area contributed by atoms with Crippen molar-refractivity contribution in [3.63, 3.8) is 0 Å². The highest BCUT2D eigenvalue weighted by Gasteiger charge is 2.27. The van der Waals surface area contributed by atoms with Crippen LogP contribution in [0.3, 0.4) is 0 Å². The van der Waals surface area contributed by atoms with Crippen LogP contribution in [0.4, 0.5) is 5.82 Å². The molecule has 1 N–H and O–H groups in total. The van der Waals surface area contributed by atoms with Gasteiger partial charge in [0.25, 0.3) is 5.91 Å². The molecule has 1 atom stereocenters. The summed E-state index contributed by atoms with van der Waals surface area (Å²) in [7, 11) is 3.89. The summed E-state index contributed by atoms with van der Waals surface area (Å²) in [6.45, 7) is 1.56. The fraction of sp³-hybridized carbons (Fsp3) is 0.400. The fourth-order valence-corrected chi connectivity index (χ4v) is 2.42. The van der Waals surface area contributed by atoms with Crippen molar-refractivity contribution in [2.45, 2.75) is 6.10 Å². The number of carbonyl (C=O) groups excluding carboxylic acids is 1. The standard InChI is InChI=1S/C15H19N5O2/c1-19(2)14-5-3-4-11(18-14)13-9-20(6-7-22-13)15(21)12-8-16-10-17-12/h3-5,8,10,13H,6-7,9H2,1-2H3,(H,16,17)/t13-/m1/s1. The topological polar surface area (TPSA) is 74.3 Å². The van der Waals surface area contributed by atoms with E-state index in [1.54, 1.807) is 4.90 Å². The van der Waals surface area contributed by atoms with Gasteiger partial charge in [-0.05, 0) is 12.1 Å². The summed E-state index contributed by atoms with van der Waals surface area (Å²) < 4.78 is 5.80. The number of anilines is 1. The second-order valence-electron chi connectivity index (χ2n) is 5.39. The summed E-state index contributed by atoms with van der Waals surface area (Å²) in [4.78, 5) is 27.4. The molecular weight excluding hydrogens is 282 g/mol. The number of hydrogen-bond donors (Lipinski definition) is 1. The van der Waals surface area contributed by atoms with Gasteiger partial charge in [0.05, 0.1) is 31.4 Å². The number of nitrogens with one attached hydrogen (secondary N) is 1. The average Bonchev–Trinajstić information content (AvgIpc) is 3.09. The SMILES string of the molecule is CN(C)c1cccc([C@H]2CN(C(=O)c3cnc[nH]3)CCO2)n1. The number of aromatic amines is 1. The molecule has 1 aliphatic rings. The molecule has 1 amide bonds. The van der Waals surface area contributed by atoms with Gasteiger partial charge in [0.1, 0.15) is 17.6 Å². The molecule has 22 heavy (non-hydrogen) atoms. The van der Waals surface area contributed by atoms with E-state index in [1.807, 2.05) is 37.2 Å². The minimum absolute atomic E-state index is 0.0606. The number of nitrogens with zero attached hydrogens (tertiary/aromatic N) is 4. The van der Waals surface area contributed by atoms with Gasteiger partial charge < -0.3 is 19.5 Å². The average molecular weight is 301 g/mol. The lowest BCUT2D eigenvalue weighted by Gasteiger charge is -2.32. The number of amides is 1. The van der Waals surface area contributed by atoms with Crippen LogP contribution < -0.4 is 4.90 Å². The highest BCUT2D eigenvalue weighted by atomic mass is 16.5. The fourth-order valence-electron chi connectivity index (χ4n) is 2.42. The van der Waals surface area contributed by atoms with Gasteiger partial charge >= 0.3 is 0 Å². The van der Waals surface area contributed by atoms with Crippen LogP contribution in [0, 0.1) is 0 Å². The number of ether oxygens (including phenoxy) is 1. The van der Waals surface area contributed by atoms with Crippen LogP contribution in [0.1, 0.15) is 22.3 Å². The van der Waals surface area contributed by atoms with Gasteiger partial charge in [-0.15, -0.1) is 0 Å². The molecule has 0 bridgehead atoms. The maximum atomic E-state index is 12.4. The third kappa shape index (κ3) is 2.94. The summed E-state index contributed by atoms with van der Waals surface area (Å²) in [5.74, 6) is 0.813. The highest BCUT2D eigenvalue weighted by Crippen LogP contribution is 2.23. The zero-order valence-corrected chi connectivity index (χ0v) is 12.7. The van der Waals surface area contributed by atoms with E-state index in [4.69, 9.17) is 4.74 Å². The Kier molecular flexibility index (Phi) is 4.06. The van der Waals surface area contributed by atoms with Gasteiger partial charge in [-0.3, -0.25) is 4.79 Å². The minimum atomic E-state index is -0.208. The van der Waals surface area contributed by atoms with E-state index in [-0.39, 0.29) is 12.0 Å². The molecule has 0 unspecified atom stereocenters. The number of aromatic nitrogens is 3. The molecule has 2 aromatic heterocycles. The first-order chi connectivity index (χ1) is 10.6. The van der Waals surface area contributed by atoms with Crippen molar-refractivity contribution in [1.29, 1.82) is 0 Å². The molecule has 3 heterocycles. The third-order valence-corrected chi connectivity index (χ3v) is 3.63. The summed E-state index contributed by atoms with van der Waals surface area (Å²) in [6, 6.07) is 5.83. The molecule has 0 aromatic carbocycles. The number of carbonyl (C=O) groups is 1. The van der Waals surface area contributed by atoms with Crippen LogP contribution in [0.2, 0.25) is 0 Å². The number of H-pyrrole nitrogens is 1. The minimum Gasteiger partial charge on any atom is -0.368 e. The normalized spacial score (nSPS) is 18.3. The number of pyridine rings is 1. The molecule has 116 valence electrons. The smallest absolute Gasteiger partial charge is 0.272 e. The predicted molar refractivity (Wildman–Crippen MR) is 81.7 cm³/mol. The zero-order chi connectivity index (χ0) is 15.5. The molecule has 0 spiro atoms. The molecule has 1 saturated heterocycles. The zero-order valence-electron chi connectivity index (χ0n) is 12.7. The molecule has 0 aliphatic carbocycles. The highest BCUT2D eigenvalue weighted by molar-refractivity contribution is 5.92. The van der Waals surface area contributed by atoms with Crippen molar-refractivity contribution in [3.8, 4) is 0 Å². The molecule has 7 nitrogen and oxygen atoms in total. The first-order valence-corrected chi connectivity index (χ1v) is 7.18. The molecule has 1 fully saturated rings. The summed E-state index contributed by atoms with van der Waals surface area (Å²) >= 11 is 0. The second-order valence-corrected chi connectivity index (χ2v) is 5.39. The summed E-state index contributed by atoms with van der Waals surface area (Å²) in [5.41, 5.74) is 1.34.